The summed E-state index contributed by atoms with van der Waals surface area (Å²) >= 11 is 1.50. The van der Waals surface area contributed by atoms with E-state index in [2.05, 4.69) is 10.3 Å². The van der Waals surface area contributed by atoms with Crippen molar-refractivity contribution in [2.45, 2.75) is 51.1 Å². The van der Waals surface area contributed by atoms with Crippen LogP contribution in [0, 0.1) is 0 Å². The van der Waals surface area contributed by atoms with Crippen LogP contribution in [0.25, 0.3) is 20.7 Å². The first-order valence-corrected chi connectivity index (χ1v) is 10.4. The lowest BCUT2D eigenvalue weighted by atomic mass is 10.1. The molecule has 0 radical (unpaired) electrons. The Morgan fingerprint density at radius 2 is 1.89 bits per heavy atom. The third kappa shape index (κ3) is 4.11. The number of amides is 1. The van der Waals surface area contributed by atoms with Crippen molar-refractivity contribution in [2.75, 3.05) is 0 Å². The Morgan fingerprint density at radius 1 is 1.15 bits per heavy atom. The number of carbonyl (C=O) groups is 1. The second-order valence-corrected chi connectivity index (χ2v) is 8.16. The Kier molecular flexibility index (Phi) is 5.34. The molecule has 0 saturated heterocycles. The zero-order valence-electron chi connectivity index (χ0n) is 15.2. The van der Waals surface area contributed by atoms with Crippen molar-refractivity contribution >= 4 is 27.5 Å². The SMILES string of the molecule is O=C(Cn1cnc2sc(-c3ccccc3)cc2c1=O)NC1CCCCCC1. The van der Waals surface area contributed by atoms with Crippen molar-refractivity contribution in [1.29, 1.82) is 0 Å². The van der Waals surface area contributed by atoms with Gasteiger partial charge in [-0.15, -0.1) is 11.3 Å². The second-order valence-electron chi connectivity index (χ2n) is 7.13. The largest absolute Gasteiger partial charge is 0.352 e. The van der Waals surface area contributed by atoms with Gasteiger partial charge in [-0.2, -0.15) is 0 Å². The lowest BCUT2D eigenvalue weighted by Gasteiger charge is -2.16. The van der Waals surface area contributed by atoms with Crippen LogP contribution in [0.3, 0.4) is 0 Å². The lowest BCUT2D eigenvalue weighted by molar-refractivity contribution is -0.122. The number of rotatable bonds is 4. The first-order valence-electron chi connectivity index (χ1n) is 9.54. The van der Waals surface area contributed by atoms with E-state index in [4.69, 9.17) is 0 Å². The molecule has 1 aliphatic carbocycles. The number of thiophene rings is 1. The molecule has 0 aliphatic heterocycles. The molecule has 2 heterocycles. The number of hydrogen-bond donors (Lipinski definition) is 1. The number of aromatic nitrogens is 2. The summed E-state index contributed by atoms with van der Waals surface area (Å²) in [6.45, 7) is 0.0226. The lowest BCUT2D eigenvalue weighted by Crippen LogP contribution is -2.38. The van der Waals surface area contributed by atoms with Crippen molar-refractivity contribution in [3.8, 4) is 10.4 Å². The quantitative estimate of drug-likeness (QED) is 0.696. The van der Waals surface area contributed by atoms with Crippen LogP contribution in [0.15, 0.2) is 47.5 Å². The van der Waals surface area contributed by atoms with E-state index >= 15 is 0 Å². The van der Waals surface area contributed by atoms with Crippen molar-refractivity contribution in [3.05, 3.63) is 53.1 Å². The maximum absolute atomic E-state index is 12.8. The minimum absolute atomic E-state index is 0.0226. The van der Waals surface area contributed by atoms with Crippen LogP contribution in [0.4, 0.5) is 0 Å². The predicted octanol–water partition coefficient (Wildman–Crippen LogP) is 3.96. The number of fused-ring (bicyclic) bond motifs is 1. The summed E-state index contributed by atoms with van der Waals surface area (Å²) in [7, 11) is 0. The summed E-state index contributed by atoms with van der Waals surface area (Å²) in [6, 6.07) is 12.1. The highest BCUT2D eigenvalue weighted by molar-refractivity contribution is 7.21. The fraction of sp³-hybridized carbons (Fsp3) is 0.381. The van der Waals surface area contributed by atoms with Crippen LogP contribution in [-0.4, -0.2) is 21.5 Å². The van der Waals surface area contributed by atoms with Crippen LogP contribution in [0.5, 0.6) is 0 Å². The van der Waals surface area contributed by atoms with Gasteiger partial charge < -0.3 is 5.32 Å². The molecule has 27 heavy (non-hydrogen) atoms. The Morgan fingerprint density at radius 3 is 2.63 bits per heavy atom. The average Bonchev–Trinajstić information content (AvgIpc) is 2.96. The molecule has 1 aromatic carbocycles. The Balaban J connectivity index is 1.53. The highest BCUT2D eigenvalue weighted by Gasteiger charge is 2.16. The summed E-state index contributed by atoms with van der Waals surface area (Å²) in [5.41, 5.74) is 0.909. The first-order chi connectivity index (χ1) is 13.2. The van der Waals surface area contributed by atoms with E-state index in [0.717, 1.165) is 36.1 Å². The van der Waals surface area contributed by atoms with Gasteiger partial charge in [-0.25, -0.2) is 4.98 Å². The minimum atomic E-state index is -0.158. The molecular weight excluding hydrogens is 358 g/mol. The van der Waals surface area contributed by atoms with Crippen molar-refractivity contribution in [3.63, 3.8) is 0 Å². The number of nitrogens with one attached hydrogen (secondary N) is 1. The summed E-state index contributed by atoms with van der Waals surface area (Å²) in [5.74, 6) is -0.108. The molecule has 0 unspecified atom stereocenters. The monoisotopic (exact) mass is 381 g/mol. The molecule has 4 rings (SSSR count). The van der Waals surface area contributed by atoms with Gasteiger partial charge in [-0.3, -0.25) is 14.2 Å². The first kappa shape index (κ1) is 17.9. The van der Waals surface area contributed by atoms with Crippen LogP contribution in [0.2, 0.25) is 0 Å². The van der Waals surface area contributed by atoms with Crippen molar-refractivity contribution < 1.29 is 4.79 Å². The molecule has 0 atom stereocenters. The van der Waals surface area contributed by atoms with Crippen molar-refractivity contribution in [1.82, 2.24) is 14.9 Å². The standard InChI is InChI=1S/C21H23N3O2S/c25-19(23-16-10-6-1-2-7-11-16)13-24-14-22-20-17(21(24)26)12-18(27-20)15-8-4-3-5-9-15/h3-5,8-9,12,14,16H,1-2,6-7,10-11,13H2,(H,23,25). The molecule has 5 nitrogen and oxygen atoms in total. The number of hydrogen-bond acceptors (Lipinski definition) is 4. The Labute approximate surface area is 162 Å². The Bertz CT molecular complexity index is 986. The van der Waals surface area contributed by atoms with Crippen molar-refractivity contribution in [2.24, 2.45) is 0 Å². The van der Waals surface area contributed by atoms with Gasteiger partial charge in [0.1, 0.15) is 11.4 Å². The highest BCUT2D eigenvalue weighted by atomic mass is 32.1. The summed E-state index contributed by atoms with van der Waals surface area (Å²) in [5, 5.41) is 3.66. The van der Waals surface area contributed by atoms with E-state index in [0.29, 0.717) is 10.2 Å². The van der Waals surface area contributed by atoms with E-state index in [-0.39, 0.29) is 24.1 Å². The van der Waals surface area contributed by atoms with Crippen LogP contribution < -0.4 is 10.9 Å². The van der Waals surface area contributed by atoms with Crippen LogP contribution in [0.1, 0.15) is 38.5 Å². The molecule has 1 fully saturated rings. The molecule has 140 valence electrons. The molecule has 2 aromatic heterocycles. The summed E-state index contributed by atoms with van der Waals surface area (Å²) in [4.78, 5) is 31.3. The van der Waals surface area contributed by atoms with Gasteiger partial charge in [-0.1, -0.05) is 56.0 Å². The van der Waals surface area contributed by atoms with E-state index in [1.807, 2.05) is 36.4 Å². The number of nitrogens with zero attached hydrogens (tertiary/aromatic N) is 2. The normalized spacial score (nSPS) is 15.6. The molecule has 3 aromatic rings. The topological polar surface area (TPSA) is 64.0 Å². The van der Waals surface area contributed by atoms with Gasteiger partial charge in [0.15, 0.2) is 0 Å². The second kappa shape index (κ2) is 8.05. The fourth-order valence-corrected chi connectivity index (χ4v) is 4.66. The maximum atomic E-state index is 12.8. The smallest absolute Gasteiger partial charge is 0.262 e. The Hall–Kier alpha value is -2.47. The summed E-state index contributed by atoms with van der Waals surface area (Å²) in [6.07, 6.45) is 8.36. The van der Waals surface area contributed by atoms with Crippen LogP contribution in [-0.2, 0) is 11.3 Å². The molecule has 1 N–H and O–H groups in total. The number of carbonyl (C=O) groups excluding carboxylic acids is 1. The van der Waals surface area contributed by atoms with Gasteiger partial charge >= 0.3 is 0 Å². The third-order valence-electron chi connectivity index (χ3n) is 5.11. The van der Waals surface area contributed by atoms with Crippen LogP contribution >= 0.6 is 11.3 Å². The third-order valence-corrected chi connectivity index (χ3v) is 6.20. The van der Waals surface area contributed by atoms with Gasteiger partial charge in [-0.05, 0) is 24.5 Å². The van der Waals surface area contributed by atoms with Gasteiger partial charge in [0.25, 0.3) is 5.56 Å². The van der Waals surface area contributed by atoms with Gasteiger partial charge in [0, 0.05) is 10.9 Å². The summed E-state index contributed by atoms with van der Waals surface area (Å²) < 4.78 is 1.41. The molecule has 0 bridgehead atoms. The van der Waals surface area contributed by atoms with E-state index in [1.54, 1.807) is 0 Å². The molecule has 1 aliphatic rings. The van der Waals surface area contributed by atoms with E-state index in [1.165, 1.54) is 35.1 Å². The molecular formula is C21H23N3O2S. The number of benzene rings is 1. The van der Waals surface area contributed by atoms with E-state index in [9.17, 15) is 9.59 Å². The maximum Gasteiger partial charge on any atom is 0.262 e. The van der Waals surface area contributed by atoms with Gasteiger partial charge in [0.05, 0.1) is 11.7 Å². The zero-order chi connectivity index (χ0) is 18.6. The molecule has 6 heteroatoms. The zero-order valence-corrected chi connectivity index (χ0v) is 16.0. The predicted molar refractivity (Wildman–Crippen MR) is 109 cm³/mol. The molecule has 0 spiro atoms. The van der Waals surface area contributed by atoms with Gasteiger partial charge in [0.2, 0.25) is 5.91 Å². The fourth-order valence-electron chi connectivity index (χ4n) is 3.67. The highest BCUT2D eigenvalue weighted by Crippen LogP contribution is 2.30. The van der Waals surface area contributed by atoms with E-state index < -0.39 is 0 Å². The average molecular weight is 382 g/mol. The molecule has 1 saturated carbocycles. The minimum Gasteiger partial charge on any atom is -0.352 e. The molecule has 1 amide bonds.